The molecule has 0 bridgehead atoms. The monoisotopic (exact) mass is 543 g/mol. The predicted octanol–water partition coefficient (Wildman–Crippen LogP) is 4.46. The van der Waals surface area contributed by atoms with Crippen LogP contribution in [-0.2, 0) is 20.7 Å². The minimum Gasteiger partial charge on any atom is -0.367 e. The highest BCUT2D eigenvalue weighted by Gasteiger charge is 2.55. The molecule has 2 N–H and O–H groups in total. The fraction of sp³-hybridized carbons (Fsp3) is 0.308. The Kier molecular flexibility index (Phi) is 7.12. The van der Waals surface area contributed by atoms with Gasteiger partial charge in [0, 0.05) is 29.3 Å². The third-order valence-corrected chi connectivity index (χ3v) is 8.36. The number of fused-ring (bicyclic) bond motifs is 1. The second-order valence-corrected chi connectivity index (χ2v) is 10.8. The number of halogens is 2. The summed E-state index contributed by atoms with van der Waals surface area (Å²) in [6.45, 7) is -0.0179. The minimum atomic E-state index is -1.04. The molecule has 2 fully saturated rings. The van der Waals surface area contributed by atoms with Crippen LogP contribution in [-0.4, -0.2) is 46.9 Å². The van der Waals surface area contributed by atoms with Crippen molar-refractivity contribution in [3.63, 3.8) is 0 Å². The van der Waals surface area contributed by atoms with E-state index in [1.807, 2.05) is 17.5 Å². The zero-order chi connectivity index (χ0) is 25.3. The number of nitrogens with one attached hydrogen (secondary N) is 2. The van der Waals surface area contributed by atoms with Crippen molar-refractivity contribution in [1.29, 1.82) is 0 Å². The van der Waals surface area contributed by atoms with Crippen LogP contribution in [0.15, 0.2) is 54.2 Å². The lowest BCUT2D eigenvalue weighted by Gasteiger charge is -2.30. The van der Waals surface area contributed by atoms with Gasteiger partial charge in [0.25, 0.3) is 5.91 Å². The maximum Gasteiger partial charge on any atom is 0.253 e. The van der Waals surface area contributed by atoms with Crippen molar-refractivity contribution in [3.8, 4) is 10.4 Å². The summed E-state index contributed by atoms with van der Waals surface area (Å²) >= 11 is 13.8. The normalized spacial score (nSPS) is 21.7. The zero-order valence-electron chi connectivity index (χ0n) is 19.1. The topological polar surface area (TPSA) is 97.4 Å². The predicted molar refractivity (Wildman–Crippen MR) is 138 cm³/mol. The van der Waals surface area contributed by atoms with E-state index in [4.69, 9.17) is 27.9 Å². The number of thiophene rings is 1. The number of ether oxygens (including phenoxy) is 1. The van der Waals surface area contributed by atoms with Gasteiger partial charge in [0.05, 0.1) is 21.7 Å². The Morgan fingerprint density at radius 3 is 2.83 bits per heavy atom. The van der Waals surface area contributed by atoms with Crippen molar-refractivity contribution in [2.75, 3.05) is 6.61 Å². The van der Waals surface area contributed by atoms with Gasteiger partial charge in [-0.15, -0.1) is 11.3 Å². The molecule has 2 aromatic heterocycles. The molecule has 10 heteroatoms. The van der Waals surface area contributed by atoms with Crippen LogP contribution in [0.2, 0.25) is 10.0 Å². The van der Waals surface area contributed by atoms with E-state index in [1.54, 1.807) is 41.8 Å². The standard InChI is InChI=1S/C26H23Cl2N3O4S/c27-18-6-5-15(9-19(18)28)10-20(25(34)31-26-7-1-4-23(26)35-14-22(26)32)30-24(33)17-11-16(12-29-13-17)21-3-2-8-36-21/h2-3,5-6,8-9,11-13,20,23H,1,4,7,10,14H2,(H,30,33)(H,31,34). The van der Waals surface area contributed by atoms with Crippen LogP contribution >= 0.6 is 34.5 Å². The van der Waals surface area contributed by atoms with Crippen molar-refractivity contribution in [1.82, 2.24) is 15.6 Å². The quantitative estimate of drug-likeness (QED) is 0.458. The second-order valence-electron chi connectivity index (χ2n) is 8.99. The lowest BCUT2D eigenvalue weighted by molar-refractivity contribution is -0.131. The number of nitrogens with zero attached hydrogens (tertiary/aromatic N) is 1. The lowest BCUT2D eigenvalue weighted by Crippen LogP contribution is -2.60. The first-order valence-corrected chi connectivity index (χ1v) is 13.2. The largest absolute Gasteiger partial charge is 0.367 e. The van der Waals surface area contributed by atoms with Crippen LogP contribution in [0.5, 0.6) is 0 Å². The number of carbonyl (C=O) groups is 3. The number of rotatable bonds is 7. The fourth-order valence-corrected chi connectivity index (χ4v) is 5.87. The van der Waals surface area contributed by atoms with Gasteiger partial charge in [-0.2, -0.15) is 0 Å². The van der Waals surface area contributed by atoms with Crippen LogP contribution in [0.1, 0.15) is 35.2 Å². The molecular weight excluding hydrogens is 521 g/mol. The van der Waals surface area contributed by atoms with E-state index in [1.165, 1.54) is 6.20 Å². The average molecular weight is 544 g/mol. The van der Waals surface area contributed by atoms with Gasteiger partial charge in [0.1, 0.15) is 18.2 Å². The SMILES string of the molecule is O=C(NC(Cc1ccc(Cl)c(Cl)c1)C(=O)NC12CCCC1OCC2=O)c1cncc(-c2cccs2)c1. The van der Waals surface area contributed by atoms with Gasteiger partial charge < -0.3 is 15.4 Å². The minimum absolute atomic E-state index is 0.0179. The molecule has 3 heterocycles. The van der Waals surface area contributed by atoms with Gasteiger partial charge in [-0.05, 0) is 54.5 Å². The summed E-state index contributed by atoms with van der Waals surface area (Å²) in [5.74, 6) is -1.04. The summed E-state index contributed by atoms with van der Waals surface area (Å²) in [6, 6.07) is 9.70. The van der Waals surface area contributed by atoms with E-state index in [-0.39, 0.29) is 24.9 Å². The molecule has 3 unspecified atom stereocenters. The highest BCUT2D eigenvalue weighted by molar-refractivity contribution is 7.13. The van der Waals surface area contributed by atoms with Crippen molar-refractivity contribution in [2.45, 2.75) is 43.4 Å². The molecule has 3 atom stereocenters. The Balaban J connectivity index is 1.40. The molecule has 0 spiro atoms. The number of amides is 2. The first-order valence-electron chi connectivity index (χ1n) is 11.6. The van der Waals surface area contributed by atoms with Gasteiger partial charge in [-0.25, -0.2) is 0 Å². The number of benzene rings is 1. The smallest absolute Gasteiger partial charge is 0.253 e. The van der Waals surface area contributed by atoms with Crippen molar-refractivity contribution < 1.29 is 19.1 Å². The maximum absolute atomic E-state index is 13.6. The molecule has 2 aliphatic rings. The maximum atomic E-state index is 13.6. The van der Waals surface area contributed by atoms with Crippen molar-refractivity contribution in [2.24, 2.45) is 0 Å². The average Bonchev–Trinajstić information content (AvgIpc) is 3.60. The first kappa shape index (κ1) is 24.9. The summed E-state index contributed by atoms with van der Waals surface area (Å²) in [4.78, 5) is 44.7. The van der Waals surface area contributed by atoms with E-state index in [9.17, 15) is 14.4 Å². The molecule has 0 radical (unpaired) electrons. The molecule has 186 valence electrons. The van der Waals surface area contributed by atoms with Crippen LogP contribution in [0.4, 0.5) is 0 Å². The van der Waals surface area contributed by atoms with Gasteiger partial charge in [0.15, 0.2) is 5.78 Å². The number of hydrogen-bond acceptors (Lipinski definition) is 6. The highest BCUT2D eigenvalue weighted by Crippen LogP contribution is 2.38. The first-order chi connectivity index (χ1) is 17.4. The number of carbonyl (C=O) groups excluding carboxylic acids is 3. The zero-order valence-corrected chi connectivity index (χ0v) is 21.5. The van der Waals surface area contributed by atoms with E-state index >= 15 is 0 Å². The second kappa shape index (κ2) is 10.3. The summed E-state index contributed by atoms with van der Waals surface area (Å²) in [7, 11) is 0. The van der Waals surface area contributed by atoms with Gasteiger partial charge in [-0.1, -0.05) is 35.3 Å². The van der Waals surface area contributed by atoms with Gasteiger partial charge in [-0.3, -0.25) is 19.4 Å². The Morgan fingerprint density at radius 1 is 1.19 bits per heavy atom. The van der Waals surface area contributed by atoms with Crippen molar-refractivity contribution in [3.05, 3.63) is 75.3 Å². The Hall–Kier alpha value is -2.78. The molecule has 1 aliphatic heterocycles. The molecule has 36 heavy (non-hydrogen) atoms. The van der Waals surface area contributed by atoms with Gasteiger partial charge >= 0.3 is 0 Å². The number of aromatic nitrogens is 1. The highest BCUT2D eigenvalue weighted by atomic mass is 35.5. The van der Waals surface area contributed by atoms with E-state index in [0.717, 1.165) is 16.9 Å². The number of ketones is 1. The van der Waals surface area contributed by atoms with Crippen LogP contribution in [0.3, 0.4) is 0 Å². The molecule has 1 saturated heterocycles. The molecule has 1 aromatic carbocycles. The van der Waals surface area contributed by atoms with Gasteiger partial charge in [0.2, 0.25) is 5.91 Å². The van der Waals surface area contributed by atoms with E-state index in [0.29, 0.717) is 34.0 Å². The number of pyridine rings is 1. The summed E-state index contributed by atoms with van der Waals surface area (Å²) in [5, 5.41) is 8.47. The Labute approximate surface area is 222 Å². The molecule has 2 amide bonds. The molecule has 7 nitrogen and oxygen atoms in total. The Morgan fingerprint density at radius 2 is 2.06 bits per heavy atom. The third kappa shape index (κ3) is 4.91. The summed E-state index contributed by atoms with van der Waals surface area (Å²) in [5.41, 5.74) is 0.803. The molecular formula is C26H23Cl2N3O4S. The van der Waals surface area contributed by atoms with Crippen molar-refractivity contribution >= 4 is 52.1 Å². The third-order valence-electron chi connectivity index (χ3n) is 6.70. The van der Waals surface area contributed by atoms with E-state index < -0.39 is 23.4 Å². The summed E-state index contributed by atoms with van der Waals surface area (Å²) in [6.07, 6.45) is 4.96. The molecule has 3 aromatic rings. The Bertz CT molecular complexity index is 1320. The van der Waals surface area contributed by atoms with E-state index in [2.05, 4.69) is 15.6 Å². The lowest BCUT2D eigenvalue weighted by atomic mass is 9.91. The number of hydrogen-bond donors (Lipinski definition) is 2. The van der Waals surface area contributed by atoms with Crippen LogP contribution in [0, 0.1) is 0 Å². The van der Waals surface area contributed by atoms with Crippen LogP contribution < -0.4 is 10.6 Å². The summed E-state index contributed by atoms with van der Waals surface area (Å²) < 4.78 is 5.63. The molecule has 1 saturated carbocycles. The number of Topliss-reactive ketones (excluding diaryl/α,β-unsaturated/α-hetero) is 1. The molecule has 5 rings (SSSR count). The molecule has 1 aliphatic carbocycles. The van der Waals surface area contributed by atoms with Crippen LogP contribution in [0.25, 0.3) is 10.4 Å². The fourth-order valence-electron chi connectivity index (χ4n) is 4.84.